The zero-order valence-electron chi connectivity index (χ0n) is 20.0. The van der Waals surface area contributed by atoms with Crippen LogP contribution in [0.25, 0.3) is 0 Å². The number of rotatable bonds is 9. The van der Waals surface area contributed by atoms with Gasteiger partial charge in [0, 0.05) is 26.7 Å². The maximum absolute atomic E-state index is 13.1. The molecule has 0 bridgehead atoms. The van der Waals surface area contributed by atoms with Crippen LogP contribution in [0.3, 0.4) is 0 Å². The predicted octanol–water partition coefficient (Wildman–Crippen LogP) is 5.59. The molecule has 0 radical (unpaired) electrons. The zero-order chi connectivity index (χ0) is 24.2. The van der Waals surface area contributed by atoms with Crippen molar-refractivity contribution in [3.8, 4) is 17.2 Å². The molecule has 1 heterocycles. The van der Waals surface area contributed by atoms with Crippen molar-refractivity contribution in [2.75, 3.05) is 26.7 Å². The van der Waals surface area contributed by atoms with Crippen molar-refractivity contribution in [2.45, 2.75) is 31.7 Å². The topological polar surface area (TPSA) is 51.2 Å². The fourth-order valence-corrected chi connectivity index (χ4v) is 5.38. The van der Waals surface area contributed by atoms with Gasteiger partial charge in [0.1, 0.15) is 29.7 Å². The fraction of sp³-hybridized carbons (Fsp3) is 0.379. The molecule has 1 aliphatic carbocycles. The molecule has 1 aliphatic heterocycles. The van der Waals surface area contributed by atoms with E-state index in [9.17, 15) is 9.50 Å². The maximum atomic E-state index is 13.1. The van der Waals surface area contributed by atoms with Crippen LogP contribution in [0.15, 0.2) is 72.8 Å². The van der Waals surface area contributed by atoms with Gasteiger partial charge in [-0.1, -0.05) is 24.3 Å². The first-order chi connectivity index (χ1) is 17.1. The second-order valence-corrected chi connectivity index (χ2v) is 9.65. The second kappa shape index (κ2) is 10.7. The van der Waals surface area contributed by atoms with Crippen LogP contribution in [-0.4, -0.2) is 42.9 Å². The third kappa shape index (κ3) is 5.95. The van der Waals surface area contributed by atoms with Crippen molar-refractivity contribution in [3.63, 3.8) is 0 Å². The Balaban J connectivity index is 1.10. The van der Waals surface area contributed by atoms with Crippen LogP contribution in [0.4, 0.5) is 4.39 Å². The molecule has 3 aromatic rings. The fourth-order valence-electron chi connectivity index (χ4n) is 5.38. The summed E-state index contributed by atoms with van der Waals surface area (Å²) in [5.74, 6) is 2.84. The number of fused-ring (bicyclic) bond motifs is 1. The highest BCUT2D eigenvalue weighted by Crippen LogP contribution is 2.40. The van der Waals surface area contributed by atoms with Crippen LogP contribution < -0.4 is 9.47 Å². The van der Waals surface area contributed by atoms with Crippen molar-refractivity contribution in [1.82, 2.24) is 4.90 Å². The highest BCUT2D eigenvalue weighted by molar-refractivity contribution is 5.30. The van der Waals surface area contributed by atoms with Crippen molar-refractivity contribution in [3.05, 3.63) is 89.7 Å². The van der Waals surface area contributed by atoms with Crippen LogP contribution in [0.1, 0.15) is 30.1 Å². The number of hydrogen-bond donors (Lipinski definition) is 1. The molecule has 0 amide bonds. The number of likely N-dealkylation sites (tertiary alicyclic amines) is 1. The minimum absolute atomic E-state index is 0.00578. The van der Waals surface area contributed by atoms with Gasteiger partial charge in [-0.25, -0.2) is 4.39 Å². The minimum Gasteiger partial charge on any atom is -0.508 e. The zero-order valence-corrected chi connectivity index (χ0v) is 20.0. The van der Waals surface area contributed by atoms with E-state index < -0.39 is 0 Å². The molecule has 5 rings (SSSR count). The highest BCUT2D eigenvalue weighted by Gasteiger charge is 2.42. The first-order valence-electron chi connectivity index (χ1n) is 12.2. The van der Waals surface area contributed by atoms with Crippen molar-refractivity contribution in [1.29, 1.82) is 0 Å². The summed E-state index contributed by atoms with van der Waals surface area (Å²) in [6, 6.07) is 21.5. The van der Waals surface area contributed by atoms with E-state index in [0.29, 0.717) is 18.4 Å². The number of methoxy groups -OCH3 is 1. The Bertz CT molecular complexity index is 1070. The molecule has 4 atom stereocenters. The van der Waals surface area contributed by atoms with E-state index >= 15 is 0 Å². The number of benzene rings is 3. The average Bonchev–Trinajstić information content (AvgIpc) is 3.42. The lowest BCUT2D eigenvalue weighted by Crippen LogP contribution is -2.29. The van der Waals surface area contributed by atoms with E-state index in [0.717, 1.165) is 55.1 Å². The summed E-state index contributed by atoms with van der Waals surface area (Å²) in [5, 5.41) is 9.40. The van der Waals surface area contributed by atoms with Crippen LogP contribution in [-0.2, 0) is 11.3 Å². The molecule has 1 unspecified atom stereocenters. The summed E-state index contributed by atoms with van der Waals surface area (Å²) >= 11 is 0. The third-order valence-electron chi connectivity index (χ3n) is 7.20. The molecule has 1 saturated carbocycles. The molecule has 2 aliphatic rings. The average molecular weight is 478 g/mol. The number of nitrogens with zero attached hydrogens (tertiary/aromatic N) is 1. The molecular formula is C29H32FNO4. The molecule has 2 fully saturated rings. The van der Waals surface area contributed by atoms with Crippen molar-refractivity contribution < 1.29 is 23.7 Å². The van der Waals surface area contributed by atoms with E-state index in [4.69, 9.17) is 14.2 Å². The summed E-state index contributed by atoms with van der Waals surface area (Å²) in [5.41, 5.74) is 2.14. The van der Waals surface area contributed by atoms with Gasteiger partial charge in [0.2, 0.25) is 0 Å². The lowest BCUT2D eigenvalue weighted by atomic mass is 10.0. The molecule has 3 aromatic carbocycles. The Morgan fingerprint density at radius 1 is 0.886 bits per heavy atom. The Morgan fingerprint density at radius 2 is 1.51 bits per heavy atom. The first kappa shape index (κ1) is 23.6. The van der Waals surface area contributed by atoms with Gasteiger partial charge >= 0.3 is 0 Å². The van der Waals surface area contributed by atoms with Gasteiger partial charge in [0.05, 0.1) is 12.2 Å². The monoisotopic (exact) mass is 477 g/mol. The van der Waals surface area contributed by atoms with E-state index in [2.05, 4.69) is 17.0 Å². The standard InChI is InChI=1S/C29H32FNO4/c1-33-29(21-4-10-26(11-5-21)34-19-20-2-8-25(32)9-3-20)18-31-16-22-14-28(15-23(22)17-31)35-27-12-6-24(30)7-13-27/h2-13,22-23,28-29,32H,14-19H2,1H3/t22-,23+,28+,29?. The first-order valence-corrected chi connectivity index (χ1v) is 12.2. The van der Waals surface area contributed by atoms with E-state index in [1.54, 1.807) is 31.4 Å². The quantitative estimate of drug-likeness (QED) is 0.436. The molecule has 35 heavy (non-hydrogen) atoms. The van der Waals surface area contributed by atoms with Gasteiger partial charge in [-0.15, -0.1) is 0 Å². The van der Waals surface area contributed by atoms with Crippen LogP contribution in [0, 0.1) is 17.7 Å². The number of ether oxygens (including phenoxy) is 3. The van der Waals surface area contributed by atoms with Crippen LogP contribution in [0.5, 0.6) is 17.2 Å². The lowest BCUT2D eigenvalue weighted by Gasteiger charge is -2.25. The Kier molecular flexibility index (Phi) is 7.21. The smallest absolute Gasteiger partial charge is 0.123 e. The van der Waals surface area contributed by atoms with Gasteiger partial charge in [-0.2, -0.15) is 0 Å². The molecule has 5 nitrogen and oxygen atoms in total. The Labute approximate surface area is 206 Å². The van der Waals surface area contributed by atoms with Crippen LogP contribution >= 0.6 is 0 Å². The van der Waals surface area contributed by atoms with Gasteiger partial charge in [-0.05, 0) is 84.3 Å². The number of aromatic hydroxyl groups is 1. The van der Waals surface area contributed by atoms with E-state index in [1.807, 2.05) is 24.3 Å². The van der Waals surface area contributed by atoms with Gasteiger partial charge in [0.25, 0.3) is 0 Å². The molecule has 184 valence electrons. The third-order valence-corrected chi connectivity index (χ3v) is 7.20. The largest absolute Gasteiger partial charge is 0.508 e. The van der Waals surface area contributed by atoms with Crippen molar-refractivity contribution in [2.24, 2.45) is 11.8 Å². The molecular weight excluding hydrogens is 445 g/mol. The van der Waals surface area contributed by atoms with Gasteiger partial charge < -0.3 is 19.3 Å². The predicted molar refractivity (Wildman–Crippen MR) is 132 cm³/mol. The molecule has 1 saturated heterocycles. The molecule has 0 aromatic heterocycles. The summed E-state index contributed by atoms with van der Waals surface area (Å²) < 4.78 is 31.0. The summed E-state index contributed by atoms with van der Waals surface area (Å²) in [4.78, 5) is 2.51. The number of hydrogen-bond acceptors (Lipinski definition) is 5. The molecule has 6 heteroatoms. The summed E-state index contributed by atoms with van der Waals surface area (Å²) in [6.45, 7) is 3.43. The molecule has 0 spiro atoms. The number of phenolic OH excluding ortho intramolecular Hbond substituents is 1. The SMILES string of the molecule is COC(CN1C[C@H]2C[C@H](Oc3ccc(F)cc3)C[C@H]2C1)c1ccc(OCc2ccc(O)cc2)cc1. The summed E-state index contributed by atoms with van der Waals surface area (Å²) in [6.07, 6.45) is 2.31. The van der Waals surface area contributed by atoms with Crippen LogP contribution in [0.2, 0.25) is 0 Å². The van der Waals surface area contributed by atoms with E-state index in [-0.39, 0.29) is 23.8 Å². The van der Waals surface area contributed by atoms with E-state index in [1.165, 1.54) is 12.1 Å². The molecule has 1 N–H and O–H groups in total. The number of phenols is 1. The van der Waals surface area contributed by atoms with Gasteiger partial charge in [0.15, 0.2) is 0 Å². The maximum Gasteiger partial charge on any atom is 0.123 e. The van der Waals surface area contributed by atoms with Gasteiger partial charge in [-0.3, -0.25) is 4.90 Å². The Morgan fingerprint density at radius 3 is 2.14 bits per heavy atom. The second-order valence-electron chi connectivity index (χ2n) is 9.65. The minimum atomic E-state index is -0.236. The Hall–Kier alpha value is -3.09. The highest BCUT2D eigenvalue weighted by atomic mass is 19.1. The lowest BCUT2D eigenvalue weighted by molar-refractivity contribution is 0.0667. The number of halogens is 1. The van der Waals surface area contributed by atoms with Crippen molar-refractivity contribution >= 4 is 0 Å². The summed E-state index contributed by atoms with van der Waals surface area (Å²) in [7, 11) is 1.77. The normalized spacial score (nSPS) is 22.6.